The van der Waals surface area contributed by atoms with E-state index >= 15 is 0 Å². The molecule has 2 aromatic rings. The van der Waals surface area contributed by atoms with E-state index in [0.717, 1.165) is 18.2 Å². The Morgan fingerprint density at radius 1 is 1.20 bits per heavy atom. The maximum Gasteiger partial charge on any atom is 0.451 e. The molecule has 1 N–H and O–H groups in total. The summed E-state index contributed by atoms with van der Waals surface area (Å²) in [4.78, 5) is 11.8. The monoisotopic (exact) mass is 378 g/mol. The van der Waals surface area contributed by atoms with Gasteiger partial charge in [-0.25, -0.2) is 22.6 Å². The van der Waals surface area contributed by atoms with Gasteiger partial charge in [0.1, 0.15) is 0 Å². The first kappa shape index (κ1) is 19.2. The molecule has 138 valence electrons. The van der Waals surface area contributed by atoms with Crippen LogP contribution in [0.25, 0.3) is 0 Å². The molecule has 1 aromatic carbocycles. The standard InChI is InChI=1S/C14H17F3N4O3S/c1-9-4-5-11(8-10(9)2)25(23,24)18-6-7-21-13(22)20(3)12(19-21)14(15,16)17/h4-5,8,18H,6-7H2,1-3H3. The first-order valence-corrected chi connectivity index (χ1v) is 8.70. The number of alkyl halides is 3. The molecular weight excluding hydrogens is 361 g/mol. The van der Waals surface area contributed by atoms with Gasteiger partial charge in [0.2, 0.25) is 15.8 Å². The van der Waals surface area contributed by atoms with Crippen molar-refractivity contribution >= 4 is 10.0 Å². The van der Waals surface area contributed by atoms with E-state index in [1.165, 1.54) is 12.1 Å². The van der Waals surface area contributed by atoms with Crippen molar-refractivity contribution in [2.24, 2.45) is 7.05 Å². The molecule has 1 heterocycles. The fraction of sp³-hybridized carbons (Fsp3) is 0.429. The normalized spacial score (nSPS) is 12.6. The minimum absolute atomic E-state index is 0.0416. The number of hydrogen-bond donors (Lipinski definition) is 1. The number of nitrogens with zero attached hydrogens (tertiary/aromatic N) is 3. The lowest BCUT2D eigenvalue weighted by Gasteiger charge is -2.08. The van der Waals surface area contributed by atoms with Crippen molar-refractivity contribution in [2.45, 2.75) is 31.5 Å². The summed E-state index contributed by atoms with van der Waals surface area (Å²) in [6, 6.07) is 4.58. The van der Waals surface area contributed by atoms with Crippen LogP contribution < -0.4 is 10.4 Å². The van der Waals surface area contributed by atoms with E-state index in [1.807, 2.05) is 6.92 Å². The Balaban J connectivity index is 2.12. The lowest BCUT2D eigenvalue weighted by Crippen LogP contribution is -2.31. The highest BCUT2D eigenvalue weighted by Crippen LogP contribution is 2.25. The van der Waals surface area contributed by atoms with E-state index in [4.69, 9.17) is 0 Å². The quantitative estimate of drug-likeness (QED) is 0.847. The van der Waals surface area contributed by atoms with Crippen molar-refractivity contribution in [1.29, 1.82) is 0 Å². The SMILES string of the molecule is Cc1ccc(S(=O)(=O)NCCn2nc(C(F)(F)F)n(C)c2=O)cc1C. The lowest BCUT2D eigenvalue weighted by molar-refractivity contribution is -0.147. The second-order valence-corrected chi connectivity index (χ2v) is 7.30. The number of halogens is 3. The van der Waals surface area contributed by atoms with E-state index in [1.54, 1.807) is 13.0 Å². The van der Waals surface area contributed by atoms with Gasteiger partial charge in [-0.2, -0.15) is 13.2 Å². The Hall–Kier alpha value is -2.14. The zero-order chi connectivity index (χ0) is 19.0. The van der Waals surface area contributed by atoms with Crippen LogP contribution in [0.15, 0.2) is 27.9 Å². The minimum atomic E-state index is -4.77. The van der Waals surface area contributed by atoms with Gasteiger partial charge < -0.3 is 0 Å². The number of aromatic nitrogens is 3. The van der Waals surface area contributed by atoms with Gasteiger partial charge in [0, 0.05) is 13.6 Å². The molecular formula is C14H17F3N4O3S. The number of rotatable bonds is 5. The molecule has 0 saturated heterocycles. The van der Waals surface area contributed by atoms with Crippen molar-refractivity contribution in [1.82, 2.24) is 19.1 Å². The van der Waals surface area contributed by atoms with Crippen LogP contribution in [0.1, 0.15) is 17.0 Å². The van der Waals surface area contributed by atoms with Gasteiger partial charge in [-0.05, 0) is 37.1 Å². The Kier molecular flexibility index (Phi) is 5.09. The molecule has 0 bridgehead atoms. The Bertz CT molecular complexity index is 945. The molecule has 25 heavy (non-hydrogen) atoms. The Morgan fingerprint density at radius 2 is 1.84 bits per heavy atom. The van der Waals surface area contributed by atoms with Gasteiger partial charge >= 0.3 is 11.9 Å². The molecule has 0 unspecified atom stereocenters. The van der Waals surface area contributed by atoms with Crippen LogP contribution in [0.5, 0.6) is 0 Å². The number of sulfonamides is 1. The third kappa shape index (κ3) is 4.10. The molecule has 0 saturated carbocycles. The summed E-state index contributed by atoms with van der Waals surface area (Å²) in [5.41, 5.74) is 0.745. The maximum atomic E-state index is 12.7. The summed E-state index contributed by atoms with van der Waals surface area (Å²) >= 11 is 0. The molecule has 0 spiro atoms. The summed E-state index contributed by atoms with van der Waals surface area (Å²) < 4.78 is 65.7. The summed E-state index contributed by atoms with van der Waals surface area (Å²) in [6.07, 6.45) is -4.77. The Morgan fingerprint density at radius 3 is 2.36 bits per heavy atom. The maximum absolute atomic E-state index is 12.7. The van der Waals surface area contributed by atoms with Gasteiger partial charge in [0.05, 0.1) is 11.4 Å². The van der Waals surface area contributed by atoms with E-state index in [2.05, 4.69) is 9.82 Å². The second-order valence-electron chi connectivity index (χ2n) is 5.53. The van der Waals surface area contributed by atoms with E-state index < -0.39 is 27.7 Å². The highest BCUT2D eigenvalue weighted by atomic mass is 32.2. The van der Waals surface area contributed by atoms with Gasteiger partial charge in [-0.1, -0.05) is 6.07 Å². The van der Waals surface area contributed by atoms with Crippen LogP contribution >= 0.6 is 0 Å². The molecule has 7 nitrogen and oxygen atoms in total. The molecule has 0 amide bonds. The van der Waals surface area contributed by atoms with Crippen LogP contribution in [0.2, 0.25) is 0 Å². The van der Waals surface area contributed by atoms with E-state index in [0.29, 0.717) is 9.25 Å². The molecule has 11 heteroatoms. The minimum Gasteiger partial charge on any atom is -0.274 e. The highest BCUT2D eigenvalue weighted by Gasteiger charge is 2.37. The molecule has 0 aliphatic rings. The van der Waals surface area contributed by atoms with Crippen molar-refractivity contribution in [2.75, 3.05) is 6.54 Å². The zero-order valence-corrected chi connectivity index (χ0v) is 14.6. The summed E-state index contributed by atoms with van der Waals surface area (Å²) in [6.45, 7) is 3.00. The van der Waals surface area contributed by atoms with Crippen LogP contribution in [0, 0.1) is 13.8 Å². The summed E-state index contributed by atoms with van der Waals surface area (Å²) in [5.74, 6) is -1.34. The summed E-state index contributed by atoms with van der Waals surface area (Å²) in [7, 11) is -2.88. The number of benzene rings is 1. The third-order valence-electron chi connectivity index (χ3n) is 3.70. The van der Waals surface area contributed by atoms with Gasteiger partial charge in [0.15, 0.2) is 0 Å². The van der Waals surface area contributed by atoms with Crippen LogP contribution in [-0.4, -0.2) is 29.3 Å². The number of nitrogens with one attached hydrogen (secondary N) is 1. The fourth-order valence-electron chi connectivity index (χ4n) is 2.13. The first-order chi connectivity index (χ1) is 11.4. The molecule has 0 aliphatic heterocycles. The molecule has 0 atom stereocenters. The predicted molar refractivity (Wildman–Crippen MR) is 83.6 cm³/mol. The van der Waals surface area contributed by atoms with Crippen molar-refractivity contribution in [3.05, 3.63) is 45.6 Å². The molecule has 1 aromatic heterocycles. The fourth-order valence-corrected chi connectivity index (χ4v) is 3.24. The zero-order valence-electron chi connectivity index (χ0n) is 13.8. The molecule has 0 radical (unpaired) electrons. The van der Waals surface area contributed by atoms with Crippen LogP contribution in [-0.2, 0) is 29.8 Å². The number of aryl methyl sites for hydroxylation is 2. The largest absolute Gasteiger partial charge is 0.451 e. The number of hydrogen-bond acceptors (Lipinski definition) is 4. The van der Waals surface area contributed by atoms with Crippen molar-refractivity contribution in [3.63, 3.8) is 0 Å². The predicted octanol–water partition coefficient (Wildman–Crippen LogP) is 1.20. The average Bonchev–Trinajstić information content (AvgIpc) is 2.78. The smallest absolute Gasteiger partial charge is 0.274 e. The van der Waals surface area contributed by atoms with Crippen LogP contribution in [0.4, 0.5) is 13.2 Å². The molecule has 0 fully saturated rings. The first-order valence-electron chi connectivity index (χ1n) is 7.21. The summed E-state index contributed by atoms with van der Waals surface area (Å²) in [5, 5.41) is 3.21. The lowest BCUT2D eigenvalue weighted by atomic mass is 10.1. The Labute approximate surface area is 142 Å². The van der Waals surface area contributed by atoms with Gasteiger partial charge in [-0.15, -0.1) is 5.10 Å². The van der Waals surface area contributed by atoms with Gasteiger partial charge in [-0.3, -0.25) is 4.57 Å². The van der Waals surface area contributed by atoms with Crippen molar-refractivity contribution < 1.29 is 21.6 Å². The van der Waals surface area contributed by atoms with Gasteiger partial charge in [0.25, 0.3) is 0 Å². The van der Waals surface area contributed by atoms with Crippen LogP contribution in [0.3, 0.4) is 0 Å². The highest BCUT2D eigenvalue weighted by molar-refractivity contribution is 7.89. The second kappa shape index (κ2) is 6.64. The topological polar surface area (TPSA) is 86.0 Å². The average molecular weight is 378 g/mol. The van der Waals surface area contributed by atoms with E-state index in [-0.39, 0.29) is 18.0 Å². The van der Waals surface area contributed by atoms with E-state index in [9.17, 15) is 26.4 Å². The van der Waals surface area contributed by atoms with Crippen molar-refractivity contribution in [3.8, 4) is 0 Å². The molecule has 2 rings (SSSR count). The molecule has 0 aliphatic carbocycles. The third-order valence-corrected chi connectivity index (χ3v) is 5.16.